The molecule has 2 N–H and O–H groups in total. The molecule has 6 heteroatoms. The van der Waals surface area contributed by atoms with Gasteiger partial charge >= 0.3 is 0 Å². The topological polar surface area (TPSA) is 91.0 Å². The fourth-order valence-corrected chi connectivity index (χ4v) is 1.45. The molecule has 0 aliphatic rings. The zero-order chi connectivity index (χ0) is 13.7. The van der Waals surface area contributed by atoms with Crippen molar-refractivity contribution in [1.82, 2.24) is 5.16 Å². The van der Waals surface area contributed by atoms with Crippen molar-refractivity contribution in [3.63, 3.8) is 0 Å². The van der Waals surface area contributed by atoms with Gasteiger partial charge < -0.3 is 15.2 Å². The normalized spacial score (nSPS) is 9.68. The molecule has 2 rings (SSSR count). The van der Waals surface area contributed by atoms with E-state index < -0.39 is 0 Å². The van der Waals surface area contributed by atoms with Gasteiger partial charge in [0.1, 0.15) is 5.76 Å². The zero-order valence-electron chi connectivity index (χ0n) is 10.3. The van der Waals surface area contributed by atoms with Crippen LogP contribution in [0.2, 0.25) is 0 Å². The van der Waals surface area contributed by atoms with Crippen molar-refractivity contribution < 1.29 is 9.32 Å². The van der Waals surface area contributed by atoms with Crippen LogP contribution in [0.5, 0.6) is 0 Å². The number of nitrogens with zero attached hydrogens (tertiary/aromatic N) is 2. The molecule has 1 aromatic heterocycles. The molecule has 6 nitrogen and oxygen atoms in total. The van der Waals surface area contributed by atoms with Crippen LogP contribution in [0.15, 0.2) is 34.9 Å². The largest absolute Gasteiger partial charge is 0.360 e. The Kier molecular flexibility index (Phi) is 3.78. The number of anilines is 2. The van der Waals surface area contributed by atoms with Crippen LogP contribution < -0.4 is 10.6 Å². The number of carbonyl (C=O) groups excluding carboxylic acids is 1. The van der Waals surface area contributed by atoms with Gasteiger partial charge in [0.2, 0.25) is 5.91 Å². The lowest BCUT2D eigenvalue weighted by Gasteiger charge is -2.05. The van der Waals surface area contributed by atoms with E-state index in [0.717, 1.165) is 0 Å². The average molecular weight is 256 g/mol. The molecule has 96 valence electrons. The molecule has 2 aromatic rings. The molecule has 0 unspecified atom stereocenters. The number of carbonyl (C=O) groups is 1. The zero-order valence-corrected chi connectivity index (χ0v) is 10.3. The van der Waals surface area contributed by atoms with Crippen molar-refractivity contribution in [3.05, 3.63) is 41.7 Å². The third-order valence-electron chi connectivity index (χ3n) is 2.36. The van der Waals surface area contributed by atoms with Crippen molar-refractivity contribution >= 4 is 17.4 Å². The Morgan fingerprint density at radius 2 is 2.16 bits per heavy atom. The van der Waals surface area contributed by atoms with Crippen LogP contribution in [-0.2, 0) is 4.79 Å². The van der Waals surface area contributed by atoms with Crippen LogP contribution in [0.3, 0.4) is 0 Å². The van der Waals surface area contributed by atoms with Crippen molar-refractivity contribution in [1.29, 1.82) is 5.26 Å². The van der Waals surface area contributed by atoms with E-state index in [1.165, 1.54) is 0 Å². The summed E-state index contributed by atoms with van der Waals surface area (Å²) in [7, 11) is 0. The lowest BCUT2D eigenvalue weighted by atomic mass is 10.2. The monoisotopic (exact) mass is 256 g/mol. The number of aryl methyl sites for hydroxylation is 1. The van der Waals surface area contributed by atoms with Gasteiger partial charge in [-0.25, -0.2) is 0 Å². The molecule has 19 heavy (non-hydrogen) atoms. The lowest BCUT2D eigenvalue weighted by Crippen LogP contribution is -2.21. The maximum Gasteiger partial charge on any atom is 0.243 e. The Balaban J connectivity index is 1.85. The Bertz CT molecular complexity index is 610. The van der Waals surface area contributed by atoms with Crippen LogP contribution in [-0.4, -0.2) is 17.6 Å². The second kappa shape index (κ2) is 5.69. The standard InChI is InChI=1S/C13H12N4O2/c1-9-6-12(17-19-9)15-8-13(18)16-11-4-2-10(7-14)3-5-11/h2-6H,8H2,1H3,(H,15,17)(H,16,18). The third kappa shape index (κ3) is 3.57. The minimum Gasteiger partial charge on any atom is -0.360 e. The molecule has 1 aromatic carbocycles. The fraction of sp³-hybridized carbons (Fsp3) is 0.154. The smallest absolute Gasteiger partial charge is 0.243 e. The van der Waals surface area contributed by atoms with Crippen LogP contribution in [0.25, 0.3) is 0 Å². The molecule has 1 heterocycles. The first-order valence-corrected chi connectivity index (χ1v) is 5.64. The first-order chi connectivity index (χ1) is 9.17. The van der Waals surface area contributed by atoms with Gasteiger partial charge in [0.15, 0.2) is 5.82 Å². The van der Waals surface area contributed by atoms with E-state index in [0.29, 0.717) is 22.8 Å². The van der Waals surface area contributed by atoms with Gasteiger partial charge in [0.05, 0.1) is 18.2 Å². The van der Waals surface area contributed by atoms with Crippen molar-refractivity contribution in [2.75, 3.05) is 17.2 Å². The van der Waals surface area contributed by atoms with E-state index in [2.05, 4.69) is 15.8 Å². The summed E-state index contributed by atoms with van der Waals surface area (Å²) in [6.45, 7) is 1.86. The third-order valence-corrected chi connectivity index (χ3v) is 2.36. The molecule has 1 amide bonds. The minimum atomic E-state index is -0.203. The highest BCUT2D eigenvalue weighted by atomic mass is 16.5. The molecular formula is C13H12N4O2. The molecular weight excluding hydrogens is 244 g/mol. The summed E-state index contributed by atoms with van der Waals surface area (Å²) in [4.78, 5) is 11.7. The summed E-state index contributed by atoms with van der Waals surface area (Å²) in [5, 5.41) is 17.9. The van der Waals surface area contributed by atoms with Crippen LogP contribution in [0.1, 0.15) is 11.3 Å². The average Bonchev–Trinajstić information content (AvgIpc) is 2.83. The lowest BCUT2D eigenvalue weighted by molar-refractivity contribution is -0.114. The Morgan fingerprint density at radius 3 is 2.74 bits per heavy atom. The molecule has 0 aliphatic heterocycles. The highest BCUT2D eigenvalue weighted by Gasteiger charge is 2.04. The Labute approximate surface area is 110 Å². The number of aromatic nitrogens is 1. The Morgan fingerprint density at radius 1 is 1.42 bits per heavy atom. The van der Waals surface area contributed by atoms with Gasteiger partial charge in [-0.15, -0.1) is 0 Å². The van der Waals surface area contributed by atoms with E-state index >= 15 is 0 Å². The van der Waals surface area contributed by atoms with Crippen LogP contribution in [0, 0.1) is 18.3 Å². The number of rotatable bonds is 4. The minimum absolute atomic E-state index is 0.0893. The van der Waals surface area contributed by atoms with Crippen molar-refractivity contribution in [3.8, 4) is 6.07 Å². The van der Waals surface area contributed by atoms with Gasteiger partial charge in [-0.3, -0.25) is 4.79 Å². The van der Waals surface area contributed by atoms with Crippen LogP contribution >= 0.6 is 0 Å². The summed E-state index contributed by atoms with van der Waals surface area (Å²) in [6.07, 6.45) is 0. The highest BCUT2D eigenvalue weighted by molar-refractivity contribution is 5.93. The molecule has 0 radical (unpaired) electrons. The molecule has 0 aliphatic carbocycles. The predicted octanol–water partition coefficient (Wildman–Crippen LogP) is 1.91. The summed E-state index contributed by atoms with van der Waals surface area (Å²) < 4.78 is 4.87. The van der Waals surface area contributed by atoms with Gasteiger partial charge in [-0.05, 0) is 31.2 Å². The van der Waals surface area contributed by atoms with E-state index in [1.807, 2.05) is 6.07 Å². The first kappa shape index (κ1) is 12.6. The highest BCUT2D eigenvalue weighted by Crippen LogP contribution is 2.09. The van der Waals surface area contributed by atoms with E-state index in [4.69, 9.17) is 9.78 Å². The van der Waals surface area contributed by atoms with E-state index in [1.54, 1.807) is 37.3 Å². The molecule has 0 fully saturated rings. The number of nitriles is 1. The number of hydrogen-bond acceptors (Lipinski definition) is 5. The SMILES string of the molecule is Cc1cc(NCC(=O)Nc2ccc(C#N)cc2)no1. The summed E-state index contributed by atoms with van der Waals surface area (Å²) in [5.41, 5.74) is 1.19. The van der Waals surface area contributed by atoms with Crippen molar-refractivity contribution in [2.45, 2.75) is 6.92 Å². The maximum absolute atomic E-state index is 11.7. The summed E-state index contributed by atoms with van der Waals surface area (Å²) in [5.74, 6) is 0.993. The Hall–Kier alpha value is -2.81. The van der Waals surface area contributed by atoms with Gasteiger partial charge in [0.25, 0.3) is 0 Å². The molecule has 0 saturated heterocycles. The molecule has 0 spiro atoms. The fourth-order valence-electron chi connectivity index (χ4n) is 1.45. The summed E-state index contributed by atoms with van der Waals surface area (Å²) in [6, 6.07) is 10.4. The summed E-state index contributed by atoms with van der Waals surface area (Å²) >= 11 is 0. The first-order valence-electron chi connectivity index (χ1n) is 5.64. The van der Waals surface area contributed by atoms with Gasteiger partial charge in [-0.2, -0.15) is 5.26 Å². The maximum atomic E-state index is 11.7. The predicted molar refractivity (Wildman–Crippen MR) is 69.5 cm³/mol. The van der Waals surface area contributed by atoms with Gasteiger partial charge in [-0.1, -0.05) is 5.16 Å². The van der Waals surface area contributed by atoms with Crippen LogP contribution in [0.4, 0.5) is 11.5 Å². The van der Waals surface area contributed by atoms with E-state index in [9.17, 15) is 4.79 Å². The second-order valence-electron chi connectivity index (χ2n) is 3.91. The number of benzene rings is 1. The van der Waals surface area contributed by atoms with Crippen molar-refractivity contribution in [2.24, 2.45) is 0 Å². The number of hydrogen-bond donors (Lipinski definition) is 2. The second-order valence-corrected chi connectivity index (χ2v) is 3.91. The molecule has 0 atom stereocenters. The van der Waals surface area contributed by atoms with E-state index in [-0.39, 0.29) is 12.5 Å². The number of nitrogens with one attached hydrogen (secondary N) is 2. The molecule has 0 bridgehead atoms. The molecule has 0 saturated carbocycles. The van der Waals surface area contributed by atoms with Gasteiger partial charge in [0, 0.05) is 11.8 Å². The quantitative estimate of drug-likeness (QED) is 0.871. The number of amides is 1.